The van der Waals surface area contributed by atoms with Crippen LogP contribution >= 0.6 is 0 Å². The van der Waals surface area contributed by atoms with E-state index in [0.29, 0.717) is 6.61 Å². The first-order valence-electron chi connectivity index (χ1n) is 6.69. The van der Waals surface area contributed by atoms with Crippen LogP contribution in [0.1, 0.15) is 25.5 Å². The fourth-order valence-electron chi connectivity index (χ4n) is 1.99. The zero-order chi connectivity index (χ0) is 15.2. The summed E-state index contributed by atoms with van der Waals surface area (Å²) in [6.07, 6.45) is 3.50. The second-order valence-electron chi connectivity index (χ2n) is 4.53. The number of hydrogen-bond acceptors (Lipinski definition) is 5. The van der Waals surface area contributed by atoms with Crippen LogP contribution in [0.25, 0.3) is 0 Å². The molecule has 1 heterocycles. The van der Waals surface area contributed by atoms with Crippen LogP contribution in [0.5, 0.6) is 5.75 Å². The summed E-state index contributed by atoms with van der Waals surface area (Å²) in [5.41, 5.74) is 1.77. The molecule has 0 saturated heterocycles. The number of nitro benzene ring substituents is 1. The normalized spacial score (nSPS) is 11.7. The van der Waals surface area contributed by atoms with E-state index in [1.54, 1.807) is 31.5 Å². The van der Waals surface area contributed by atoms with E-state index in [1.807, 2.05) is 19.1 Å². The van der Waals surface area contributed by atoms with E-state index < -0.39 is 4.92 Å². The van der Waals surface area contributed by atoms with Crippen LogP contribution in [0.15, 0.2) is 42.7 Å². The van der Waals surface area contributed by atoms with Crippen LogP contribution < -0.4 is 10.1 Å². The minimum atomic E-state index is -0.445. The van der Waals surface area contributed by atoms with Crippen molar-refractivity contribution in [3.63, 3.8) is 0 Å². The molecule has 6 nitrogen and oxygen atoms in total. The van der Waals surface area contributed by atoms with Crippen molar-refractivity contribution in [1.82, 2.24) is 4.98 Å². The molecule has 0 fully saturated rings. The number of ether oxygens (including phenoxy) is 1. The van der Waals surface area contributed by atoms with Crippen molar-refractivity contribution >= 4 is 11.4 Å². The maximum atomic E-state index is 10.9. The molecule has 1 atom stereocenters. The first-order chi connectivity index (χ1) is 10.1. The van der Waals surface area contributed by atoms with Gasteiger partial charge in [0.15, 0.2) is 5.75 Å². The van der Waals surface area contributed by atoms with Gasteiger partial charge in [-0.25, -0.2) is 0 Å². The highest BCUT2D eigenvalue weighted by molar-refractivity contribution is 5.58. The third-order valence-corrected chi connectivity index (χ3v) is 3.02. The summed E-state index contributed by atoms with van der Waals surface area (Å²) in [6, 6.07) is 8.65. The van der Waals surface area contributed by atoms with Crippen LogP contribution in [0.4, 0.5) is 11.4 Å². The maximum absolute atomic E-state index is 10.9. The topological polar surface area (TPSA) is 77.3 Å². The fourth-order valence-corrected chi connectivity index (χ4v) is 1.99. The Balaban J connectivity index is 2.21. The second kappa shape index (κ2) is 6.69. The predicted molar refractivity (Wildman–Crippen MR) is 80.5 cm³/mol. The first-order valence-corrected chi connectivity index (χ1v) is 6.69. The number of pyridine rings is 1. The molecule has 21 heavy (non-hydrogen) atoms. The monoisotopic (exact) mass is 287 g/mol. The van der Waals surface area contributed by atoms with Gasteiger partial charge in [0.1, 0.15) is 0 Å². The molecule has 2 rings (SSSR count). The van der Waals surface area contributed by atoms with Crippen LogP contribution in [0.3, 0.4) is 0 Å². The summed E-state index contributed by atoms with van der Waals surface area (Å²) >= 11 is 0. The standard InChI is InChI=1S/C15H17N3O3/c1-3-21-15-9-13(6-7-14(15)18(19)20)17-11(2)12-5-4-8-16-10-12/h4-11,17H,3H2,1-2H3. The summed E-state index contributed by atoms with van der Waals surface area (Å²) in [4.78, 5) is 14.6. The minimum Gasteiger partial charge on any atom is -0.487 e. The van der Waals surface area contributed by atoms with Gasteiger partial charge in [0.2, 0.25) is 0 Å². The number of nitrogens with zero attached hydrogens (tertiary/aromatic N) is 2. The number of nitro groups is 1. The van der Waals surface area contributed by atoms with Crippen molar-refractivity contribution < 1.29 is 9.66 Å². The Morgan fingerprint density at radius 2 is 2.24 bits per heavy atom. The third-order valence-electron chi connectivity index (χ3n) is 3.02. The lowest BCUT2D eigenvalue weighted by atomic mass is 10.1. The number of anilines is 1. The van der Waals surface area contributed by atoms with Crippen molar-refractivity contribution in [3.8, 4) is 5.75 Å². The fraction of sp³-hybridized carbons (Fsp3) is 0.267. The maximum Gasteiger partial charge on any atom is 0.311 e. The zero-order valence-electron chi connectivity index (χ0n) is 11.9. The molecule has 0 amide bonds. The predicted octanol–water partition coefficient (Wildman–Crippen LogP) is 3.56. The molecule has 1 N–H and O–H groups in total. The smallest absolute Gasteiger partial charge is 0.311 e. The van der Waals surface area contributed by atoms with E-state index >= 15 is 0 Å². The van der Waals surface area contributed by atoms with Gasteiger partial charge in [-0.15, -0.1) is 0 Å². The Morgan fingerprint density at radius 1 is 1.43 bits per heavy atom. The van der Waals surface area contributed by atoms with Gasteiger partial charge >= 0.3 is 5.69 Å². The van der Waals surface area contributed by atoms with E-state index in [2.05, 4.69) is 10.3 Å². The van der Waals surface area contributed by atoms with Crippen molar-refractivity contribution in [3.05, 3.63) is 58.4 Å². The molecule has 0 radical (unpaired) electrons. The highest BCUT2D eigenvalue weighted by atomic mass is 16.6. The number of nitrogens with one attached hydrogen (secondary N) is 1. The molecule has 2 aromatic rings. The summed E-state index contributed by atoms with van der Waals surface area (Å²) in [5, 5.41) is 14.2. The molecule has 0 aliphatic heterocycles. The Labute approximate surface area is 122 Å². The zero-order valence-corrected chi connectivity index (χ0v) is 11.9. The Hall–Kier alpha value is -2.63. The molecule has 0 spiro atoms. The third kappa shape index (κ3) is 3.68. The lowest BCUT2D eigenvalue weighted by molar-refractivity contribution is -0.385. The number of hydrogen-bond donors (Lipinski definition) is 1. The molecule has 110 valence electrons. The van der Waals surface area contributed by atoms with Gasteiger partial charge in [-0.1, -0.05) is 6.07 Å². The summed E-state index contributed by atoms with van der Waals surface area (Å²) in [5.74, 6) is 0.269. The molecule has 1 aromatic heterocycles. The molecule has 0 saturated carbocycles. The lowest BCUT2D eigenvalue weighted by Crippen LogP contribution is -2.07. The Bertz CT molecular complexity index is 617. The molecular weight excluding hydrogens is 270 g/mol. The molecule has 0 aliphatic carbocycles. The van der Waals surface area contributed by atoms with Gasteiger partial charge in [-0.05, 0) is 31.5 Å². The van der Waals surface area contributed by atoms with E-state index in [0.717, 1.165) is 11.3 Å². The minimum absolute atomic E-state index is 0.0311. The van der Waals surface area contributed by atoms with E-state index in [-0.39, 0.29) is 17.5 Å². The highest BCUT2D eigenvalue weighted by Crippen LogP contribution is 2.31. The molecule has 1 aromatic carbocycles. The molecule has 6 heteroatoms. The Morgan fingerprint density at radius 3 is 2.86 bits per heavy atom. The van der Waals surface area contributed by atoms with Crippen molar-refractivity contribution in [1.29, 1.82) is 0 Å². The molecule has 1 unspecified atom stereocenters. The SMILES string of the molecule is CCOc1cc(NC(C)c2cccnc2)ccc1[N+](=O)[O-]. The first kappa shape index (κ1) is 14.8. The van der Waals surface area contributed by atoms with Gasteiger partial charge < -0.3 is 10.1 Å². The second-order valence-corrected chi connectivity index (χ2v) is 4.53. The summed E-state index contributed by atoms with van der Waals surface area (Å²) in [7, 11) is 0. The largest absolute Gasteiger partial charge is 0.487 e. The van der Waals surface area contributed by atoms with Gasteiger partial charge in [0.05, 0.1) is 17.6 Å². The van der Waals surface area contributed by atoms with Crippen LogP contribution in [0.2, 0.25) is 0 Å². The average Bonchev–Trinajstić information content (AvgIpc) is 2.48. The van der Waals surface area contributed by atoms with Crippen LogP contribution in [0, 0.1) is 10.1 Å². The van der Waals surface area contributed by atoms with Gasteiger partial charge in [0, 0.05) is 30.2 Å². The quantitative estimate of drug-likeness (QED) is 0.649. The van der Waals surface area contributed by atoms with Gasteiger partial charge in [-0.2, -0.15) is 0 Å². The lowest BCUT2D eigenvalue weighted by Gasteiger charge is -2.16. The van der Waals surface area contributed by atoms with E-state index in [1.165, 1.54) is 6.07 Å². The summed E-state index contributed by atoms with van der Waals surface area (Å²) < 4.78 is 5.33. The van der Waals surface area contributed by atoms with Crippen molar-refractivity contribution in [2.24, 2.45) is 0 Å². The van der Waals surface area contributed by atoms with Crippen LogP contribution in [-0.4, -0.2) is 16.5 Å². The molecular formula is C15H17N3O3. The average molecular weight is 287 g/mol. The van der Waals surface area contributed by atoms with Gasteiger partial charge in [-0.3, -0.25) is 15.1 Å². The Kier molecular flexibility index (Phi) is 4.71. The summed E-state index contributed by atoms with van der Waals surface area (Å²) in [6.45, 7) is 4.17. The molecule has 0 bridgehead atoms. The highest BCUT2D eigenvalue weighted by Gasteiger charge is 2.16. The number of benzene rings is 1. The van der Waals surface area contributed by atoms with Gasteiger partial charge in [0.25, 0.3) is 0 Å². The van der Waals surface area contributed by atoms with E-state index in [9.17, 15) is 10.1 Å². The number of aromatic nitrogens is 1. The van der Waals surface area contributed by atoms with Crippen molar-refractivity contribution in [2.45, 2.75) is 19.9 Å². The van der Waals surface area contributed by atoms with Crippen molar-refractivity contribution in [2.75, 3.05) is 11.9 Å². The number of rotatable bonds is 6. The van der Waals surface area contributed by atoms with E-state index in [4.69, 9.17) is 4.74 Å². The molecule has 0 aliphatic rings. The van der Waals surface area contributed by atoms with Crippen LogP contribution in [-0.2, 0) is 0 Å².